The number of aryl methyl sites for hydroxylation is 1. The zero-order valence-corrected chi connectivity index (χ0v) is 17.0. The molecular formula is C24H23NO3S. The first-order valence-electron chi connectivity index (χ1n) is 9.56. The Morgan fingerprint density at radius 3 is 2.17 bits per heavy atom. The van der Waals surface area contributed by atoms with E-state index in [0.29, 0.717) is 12.2 Å². The number of rotatable bonds is 5. The van der Waals surface area contributed by atoms with Crippen molar-refractivity contribution in [1.29, 1.82) is 0 Å². The maximum Gasteiger partial charge on any atom is 0.264 e. The summed E-state index contributed by atoms with van der Waals surface area (Å²) in [6, 6.07) is 26.0. The summed E-state index contributed by atoms with van der Waals surface area (Å²) in [5, 5.41) is 0. The fraction of sp³-hybridized carbons (Fsp3) is 0.167. The van der Waals surface area contributed by atoms with E-state index in [2.05, 4.69) is 0 Å². The second-order valence-electron chi connectivity index (χ2n) is 7.14. The highest BCUT2D eigenvalue weighted by molar-refractivity contribution is 7.89. The topological polar surface area (TPSA) is 46.6 Å². The number of allylic oxidation sites excluding steroid dienone is 1. The molecule has 4 nitrogen and oxygen atoms in total. The lowest BCUT2D eigenvalue weighted by Crippen LogP contribution is -2.36. The first-order chi connectivity index (χ1) is 14.0. The van der Waals surface area contributed by atoms with Gasteiger partial charge in [-0.05, 0) is 30.2 Å². The van der Waals surface area contributed by atoms with E-state index in [1.807, 2.05) is 79.7 Å². The molecule has 5 heteroatoms. The molecule has 0 bridgehead atoms. The Morgan fingerprint density at radius 2 is 1.52 bits per heavy atom. The fourth-order valence-electron chi connectivity index (χ4n) is 3.41. The van der Waals surface area contributed by atoms with E-state index < -0.39 is 16.1 Å². The van der Waals surface area contributed by atoms with Gasteiger partial charge < -0.3 is 4.74 Å². The molecule has 148 valence electrons. The van der Waals surface area contributed by atoms with Crippen LogP contribution in [0.2, 0.25) is 0 Å². The minimum atomic E-state index is -3.72. The highest BCUT2D eigenvalue weighted by atomic mass is 32.2. The van der Waals surface area contributed by atoms with Crippen molar-refractivity contribution in [3.63, 3.8) is 0 Å². The van der Waals surface area contributed by atoms with E-state index in [4.69, 9.17) is 4.74 Å². The number of hydrogen-bond donors (Lipinski definition) is 0. The van der Waals surface area contributed by atoms with Crippen LogP contribution in [0, 0.1) is 6.92 Å². The maximum atomic E-state index is 13.5. The van der Waals surface area contributed by atoms with Crippen molar-refractivity contribution >= 4 is 10.0 Å². The van der Waals surface area contributed by atoms with Crippen molar-refractivity contribution in [2.24, 2.45) is 0 Å². The van der Waals surface area contributed by atoms with Crippen LogP contribution in [0.4, 0.5) is 0 Å². The third-order valence-corrected chi connectivity index (χ3v) is 6.79. The lowest BCUT2D eigenvalue weighted by atomic mass is 10.1. The normalized spacial score (nSPS) is 16.8. The molecule has 1 heterocycles. The van der Waals surface area contributed by atoms with Crippen LogP contribution in [0.15, 0.2) is 102 Å². The summed E-state index contributed by atoms with van der Waals surface area (Å²) >= 11 is 0. The number of sulfonamides is 1. The second-order valence-corrected chi connectivity index (χ2v) is 8.99. The Labute approximate surface area is 172 Å². The highest BCUT2D eigenvalue weighted by Gasteiger charge is 2.34. The van der Waals surface area contributed by atoms with Gasteiger partial charge in [-0.15, -0.1) is 0 Å². The predicted molar refractivity (Wildman–Crippen MR) is 114 cm³/mol. The van der Waals surface area contributed by atoms with E-state index in [1.165, 1.54) is 4.31 Å². The number of nitrogens with zero attached hydrogens (tertiary/aromatic N) is 1. The molecule has 0 N–H and O–H groups in total. The highest BCUT2D eigenvalue weighted by Crippen LogP contribution is 2.33. The molecule has 4 rings (SSSR count). The Kier molecular flexibility index (Phi) is 5.41. The summed E-state index contributed by atoms with van der Waals surface area (Å²) in [6.07, 6.45) is 2.19. The number of hydrogen-bond acceptors (Lipinski definition) is 3. The van der Waals surface area contributed by atoms with Crippen LogP contribution < -0.4 is 0 Å². The maximum absolute atomic E-state index is 13.5. The van der Waals surface area contributed by atoms with Crippen LogP contribution >= 0.6 is 0 Å². The number of benzene rings is 3. The molecule has 0 saturated carbocycles. The molecule has 0 amide bonds. The van der Waals surface area contributed by atoms with Gasteiger partial charge in [0, 0.05) is 6.42 Å². The van der Waals surface area contributed by atoms with Crippen LogP contribution in [0.5, 0.6) is 0 Å². The number of ether oxygens (including phenoxy) is 1. The molecular weight excluding hydrogens is 382 g/mol. The van der Waals surface area contributed by atoms with Crippen molar-refractivity contribution in [2.45, 2.75) is 24.3 Å². The van der Waals surface area contributed by atoms with E-state index in [9.17, 15) is 8.42 Å². The molecule has 3 aromatic carbocycles. The Hall–Kier alpha value is -3.05. The van der Waals surface area contributed by atoms with Gasteiger partial charge in [-0.3, -0.25) is 4.31 Å². The summed E-state index contributed by atoms with van der Waals surface area (Å²) < 4.78 is 34.4. The van der Waals surface area contributed by atoms with Gasteiger partial charge >= 0.3 is 0 Å². The minimum absolute atomic E-state index is 0.272. The van der Waals surface area contributed by atoms with Crippen LogP contribution in [0.3, 0.4) is 0 Å². The van der Waals surface area contributed by atoms with Gasteiger partial charge in [-0.1, -0.05) is 78.4 Å². The summed E-state index contributed by atoms with van der Waals surface area (Å²) in [5.41, 5.74) is 2.99. The zero-order chi connectivity index (χ0) is 20.3. The van der Waals surface area contributed by atoms with Gasteiger partial charge in [-0.2, -0.15) is 0 Å². The summed E-state index contributed by atoms with van der Waals surface area (Å²) in [7, 11) is -3.72. The van der Waals surface area contributed by atoms with Gasteiger partial charge in [0.1, 0.15) is 18.4 Å². The van der Waals surface area contributed by atoms with Crippen LogP contribution in [0.25, 0.3) is 0 Å². The second kappa shape index (κ2) is 8.13. The molecule has 0 radical (unpaired) electrons. The van der Waals surface area contributed by atoms with Crippen molar-refractivity contribution in [1.82, 2.24) is 4.31 Å². The average molecular weight is 406 g/mol. The summed E-state index contributed by atoms with van der Waals surface area (Å²) in [4.78, 5) is 0.279. The molecule has 29 heavy (non-hydrogen) atoms. The van der Waals surface area contributed by atoms with Crippen molar-refractivity contribution in [2.75, 3.05) is 6.61 Å². The average Bonchev–Trinajstić information content (AvgIpc) is 2.75. The first-order valence-corrected chi connectivity index (χ1v) is 11.0. The van der Waals surface area contributed by atoms with E-state index in [1.54, 1.807) is 18.3 Å². The van der Waals surface area contributed by atoms with Crippen LogP contribution in [-0.4, -0.2) is 19.3 Å². The van der Waals surface area contributed by atoms with Gasteiger partial charge in [0.05, 0.1) is 11.1 Å². The van der Waals surface area contributed by atoms with E-state index >= 15 is 0 Å². The molecule has 1 atom stereocenters. The summed E-state index contributed by atoms with van der Waals surface area (Å²) in [6.45, 7) is 2.21. The van der Waals surface area contributed by atoms with Gasteiger partial charge in [0.15, 0.2) is 0 Å². The van der Waals surface area contributed by atoms with E-state index in [0.717, 1.165) is 16.7 Å². The van der Waals surface area contributed by atoms with Crippen LogP contribution in [-0.2, 0) is 21.2 Å². The molecule has 0 aliphatic carbocycles. The first kappa shape index (κ1) is 19.3. The lowest BCUT2D eigenvalue weighted by molar-refractivity contribution is 0.123. The van der Waals surface area contributed by atoms with Crippen molar-refractivity contribution in [3.8, 4) is 0 Å². The third kappa shape index (κ3) is 4.20. The Balaban J connectivity index is 1.74. The van der Waals surface area contributed by atoms with Gasteiger partial charge in [0.2, 0.25) is 0 Å². The molecule has 1 aliphatic heterocycles. The Morgan fingerprint density at radius 1 is 0.897 bits per heavy atom. The standard InChI is InChI=1S/C24H23NO3S/c1-19-12-14-23(15-13-19)29(26,27)25-17-22(16-20-8-4-2-5-9-20)28-18-24(25)21-10-6-3-7-11-21/h2-15,17,24H,16,18H2,1H3. The molecule has 1 unspecified atom stereocenters. The van der Waals surface area contributed by atoms with Crippen LogP contribution in [0.1, 0.15) is 22.7 Å². The Bertz CT molecular complexity index is 1090. The third-order valence-electron chi connectivity index (χ3n) is 5.01. The quantitative estimate of drug-likeness (QED) is 0.610. The minimum Gasteiger partial charge on any atom is -0.493 e. The van der Waals surface area contributed by atoms with Gasteiger partial charge in [-0.25, -0.2) is 8.42 Å². The smallest absolute Gasteiger partial charge is 0.264 e. The molecule has 0 aromatic heterocycles. The fourth-order valence-corrected chi connectivity index (χ4v) is 4.91. The molecule has 0 spiro atoms. The zero-order valence-electron chi connectivity index (χ0n) is 16.2. The van der Waals surface area contributed by atoms with Gasteiger partial charge in [0.25, 0.3) is 10.0 Å². The molecule has 0 saturated heterocycles. The SMILES string of the molecule is Cc1ccc(S(=O)(=O)N2C=C(Cc3ccccc3)OCC2c2ccccc2)cc1. The molecule has 1 aliphatic rings. The summed E-state index contributed by atoms with van der Waals surface area (Å²) in [5.74, 6) is 0.638. The lowest BCUT2D eigenvalue weighted by Gasteiger charge is -2.35. The monoisotopic (exact) mass is 405 g/mol. The van der Waals surface area contributed by atoms with Crippen molar-refractivity contribution < 1.29 is 13.2 Å². The van der Waals surface area contributed by atoms with E-state index in [-0.39, 0.29) is 11.5 Å². The molecule has 0 fully saturated rings. The molecule has 3 aromatic rings. The predicted octanol–water partition coefficient (Wildman–Crippen LogP) is 4.84. The van der Waals surface area contributed by atoms with Crippen molar-refractivity contribution in [3.05, 3.63) is 114 Å². The largest absolute Gasteiger partial charge is 0.493 e.